The highest BCUT2D eigenvalue weighted by atomic mass is 32.1. The molecule has 0 radical (unpaired) electrons. The number of nitrogens with two attached hydrogens (primary N) is 1. The summed E-state index contributed by atoms with van der Waals surface area (Å²) in [6.07, 6.45) is 3.07. The fraction of sp³-hybridized carbons (Fsp3) is 0.545. The third-order valence-corrected chi connectivity index (χ3v) is 3.88. The first-order valence-electron chi connectivity index (χ1n) is 5.04. The Morgan fingerprint density at radius 1 is 1.57 bits per heavy atom. The lowest BCUT2D eigenvalue weighted by molar-refractivity contribution is 0.0913. The molecule has 0 aromatic carbocycles. The summed E-state index contributed by atoms with van der Waals surface area (Å²) in [5.74, 6) is 0.331. The van der Waals surface area contributed by atoms with Crippen LogP contribution < -0.4 is 5.73 Å². The van der Waals surface area contributed by atoms with Crippen LogP contribution in [0, 0.1) is 12.8 Å². The highest BCUT2D eigenvalue weighted by molar-refractivity contribution is 7.10. The van der Waals surface area contributed by atoms with Gasteiger partial charge in [0.1, 0.15) is 0 Å². The van der Waals surface area contributed by atoms with Gasteiger partial charge in [-0.05, 0) is 31.2 Å². The minimum absolute atomic E-state index is 0.0725. The molecule has 1 saturated carbocycles. The van der Waals surface area contributed by atoms with E-state index in [2.05, 4.69) is 0 Å². The Balaban J connectivity index is 2.20. The monoisotopic (exact) mass is 209 g/mol. The van der Waals surface area contributed by atoms with Gasteiger partial charge in [-0.15, -0.1) is 11.3 Å². The first-order valence-corrected chi connectivity index (χ1v) is 5.92. The molecule has 1 aromatic rings. The standard InChI is InChI=1S/C11H15NOS/c1-7-8(5-6-14-7)11(13)9-3-2-4-10(9)12/h5-6,9-10H,2-4,12H2,1H3. The lowest BCUT2D eigenvalue weighted by Crippen LogP contribution is -2.30. The third kappa shape index (κ3) is 1.62. The van der Waals surface area contributed by atoms with E-state index in [-0.39, 0.29) is 17.7 Å². The molecule has 1 aromatic heterocycles. The van der Waals surface area contributed by atoms with Crippen LogP contribution >= 0.6 is 11.3 Å². The lowest BCUT2D eigenvalue weighted by Gasteiger charge is -2.13. The molecule has 0 aliphatic heterocycles. The Hall–Kier alpha value is -0.670. The third-order valence-electron chi connectivity index (χ3n) is 3.03. The second-order valence-electron chi connectivity index (χ2n) is 3.96. The quantitative estimate of drug-likeness (QED) is 0.760. The summed E-state index contributed by atoms with van der Waals surface area (Å²) < 4.78 is 0. The molecule has 2 atom stereocenters. The summed E-state index contributed by atoms with van der Waals surface area (Å²) in [4.78, 5) is 13.2. The topological polar surface area (TPSA) is 43.1 Å². The van der Waals surface area contributed by atoms with E-state index in [1.165, 1.54) is 0 Å². The Kier molecular flexibility index (Phi) is 2.70. The van der Waals surface area contributed by atoms with Gasteiger partial charge in [-0.2, -0.15) is 0 Å². The zero-order valence-corrected chi connectivity index (χ0v) is 9.14. The molecule has 0 amide bonds. The number of carbonyl (C=O) groups excluding carboxylic acids is 1. The SMILES string of the molecule is Cc1sccc1C(=O)C1CCCC1N. The summed E-state index contributed by atoms with van der Waals surface area (Å²) in [6, 6.07) is 2.01. The predicted molar refractivity (Wildman–Crippen MR) is 58.7 cm³/mol. The number of Topliss-reactive ketones (excluding diaryl/α,β-unsaturated/α-hetero) is 1. The van der Waals surface area contributed by atoms with Crippen LogP contribution in [0.1, 0.15) is 34.5 Å². The highest BCUT2D eigenvalue weighted by Gasteiger charge is 2.31. The average Bonchev–Trinajstić information content (AvgIpc) is 2.73. The van der Waals surface area contributed by atoms with Crippen LogP contribution in [0.2, 0.25) is 0 Å². The molecule has 0 saturated heterocycles. The highest BCUT2D eigenvalue weighted by Crippen LogP contribution is 2.29. The molecule has 1 heterocycles. The number of hydrogen-bond donors (Lipinski definition) is 1. The van der Waals surface area contributed by atoms with Gasteiger partial charge >= 0.3 is 0 Å². The normalized spacial score (nSPS) is 26.7. The second-order valence-corrected chi connectivity index (χ2v) is 5.08. The van der Waals surface area contributed by atoms with Crippen LogP contribution in [0.15, 0.2) is 11.4 Å². The number of thiophene rings is 1. The maximum atomic E-state index is 12.1. The van der Waals surface area contributed by atoms with Crippen LogP contribution in [0.25, 0.3) is 0 Å². The molecular formula is C11H15NOS. The molecule has 3 heteroatoms. The number of aryl methyl sites for hydroxylation is 1. The first kappa shape index (κ1) is 9.87. The zero-order chi connectivity index (χ0) is 10.1. The molecule has 1 aliphatic carbocycles. The minimum atomic E-state index is 0.0725. The van der Waals surface area contributed by atoms with Crippen molar-refractivity contribution in [1.82, 2.24) is 0 Å². The van der Waals surface area contributed by atoms with Gasteiger partial charge in [0.2, 0.25) is 0 Å². The summed E-state index contributed by atoms with van der Waals surface area (Å²) in [6.45, 7) is 2.00. The molecule has 76 valence electrons. The van der Waals surface area contributed by atoms with Crippen molar-refractivity contribution in [2.75, 3.05) is 0 Å². The molecule has 1 aliphatic rings. The van der Waals surface area contributed by atoms with Gasteiger partial charge in [0.05, 0.1) is 0 Å². The number of ketones is 1. The van der Waals surface area contributed by atoms with Crippen molar-refractivity contribution in [3.05, 3.63) is 21.9 Å². The number of carbonyl (C=O) groups is 1. The molecular weight excluding hydrogens is 194 g/mol. The Morgan fingerprint density at radius 2 is 2.36 bits per heavy atom. The van der Waals surface area contributed by atoms with Crippen LogP contribution in [-0.4, -0.2) is 11.8 Å². The molecule has 14 heavy (non-hydrogen) atoms. The van der Waals surface area contributed by atoms with Crippen molar-refractivity contribution in [2.24, 2.45) is 11.7 Å². The smallest absolute Gasteiger partial charge is 0.168 e. The zero-order valence-electron chi connectivity index (χ0n) is 8.32. The van der Waals surface area contributed by atoms with Gasteiger partial charge in [0.25, 0.3) is 0 Å². The Labute approximate surface area is 88.1 Å². The molecule has 2 unspecified atom stereocenters. The maximum Gasteiger partial charge on any atom is 0.168 e. The second kappa shape index (κ2) is 3.83. The summed E-state index contributed by atoms with van der Waals surface area (Å²) >= 11 is 1.63. The molecule has 2 rings (SSSR count). The van der Waals surface area contributed by atoms with Gasteiger partial charge in [0.15, 0.2) is 5.78 Å². The number of hydrogen-bond acceptors (Lipinski definition) is 3. The lowest BCUT2D eigenvalue weighted by atomic mass is 9.94. The summed E-state index contributed by atoms with van der Waals surface area (Å²) in [7, 11) is 0. The molecule has 0 spiro atoms. The molecule has 0 bridgehead atoms. The van der Waals surface area contributed by atoms with Crippen molar-refractivity contribution >= 4 is 17.1 Å². The largest absolute Gasteiger partial charge is 0.327 e. The Bertz CT molecular complexity index is 345. The van der Waals surface area contributed by atoms with E-state index in [0.29, 0.717) is 0 Å². The fourth-order valence-corrected chi connectivity index (χ4v) is 2.86. The van der Waals surface area contributed by atoms with Crippen molar-refractivity contribution in [1.29, 1.82) is 0 Å². The van der Waals surface area contributed by atoms with E-state index in [1.54, 1.807) is 11.3 Å². The predicted octanol–water partition coefficient (Wildman–Crippen LogP) is 2.37. The van der Waals surface area contributed by atoms with Gasteiger partial charge in [-0.1, -0.05) is 6.42 Å². The van der Waals surface area contributed by atoms with Gasteiger partial charge in [-0.25, -0.2) is 0 Å². The van der Waals surface area contributed by atoms with Crippen LogP contribution in [0.5, 0.6) is 0 Å². The van der Waals surface area contributed by atoms with E-state index in [9.17, 15) is 4.79 Å². The van der Waals surface area contributed by atoms with E-state index < -0.39 is 0 Å². The van der Waals surface area contributed by atoms with E-state index in [1.807, 2.05) is 18.4 Å². The Morgan fingerprint density at radius 3 is 2.86 bits per heavy atom. The van der Waals surface area contributed by atoms with Gasteiger partial charge in [0, 0.05) is 22.4 Å². The molecule has 1 fully saturated rings. The summed E-state index contributed by atoms with van der Waals surface area (Å²) in [5, 5.41) is 1.98. The molecule has 2 nitrogen and oxygen atoms in total. The average molecular weight is 209 g/mol. The van der Waals surface area contributed by atoms with Crippen LogP contribution in [0.4, 0.5) is 0 Å². The van der Waals surface area contributed by atoms with Crippen LogP contribution in [-0.2, 0) is 0 Å². The van der Waals surface area contributed by atoms with Crippen molar-refractivity contribution < 1.29 is 4.79 Å². The van der Waals surface area contributed by atoms with Crippen LogP contribution in [0.3, 0.4) is 0 Å². The van der Waals surface area contributed by atoms with E-state index >= 15 is 0 Å². The maximum absolute atomic E-state index is 12.1. The van der Waals surface area contributed by atoms with Crippen molar-refractivity contribution in [2.45, 2.75) is 32.2 Å². The van der Waals surface area contributed by atoms with Crippen molar-refractivity contribution in [3.63, 3.8) is 0 Å². The summed E-state index contributed by atoms with van der Waals surface area (Å²) in [5.41, 5.74) is 6.81. The first-order chi connectivity index (χ1) is 6.70. The number of rotatable bonds is 2. The minimum Gasteiger partial charge on any atom is -0.327 e. The van der Waals surface area contributed by atoms with E-state index in [0.717, 1.165) is 29.7 Å². The van der Waals surface area contributed by atoms with Gasteiger partial charge < -0.3 is 5.73 Å². The van der Waals surface area contributed by atoms with E-state index in [4.69, 9.17) is 5.73 Å². The fourth-order valence-electron chi connectivity index (χ4n) is 2.15. The van der Waals surface area contributed by atoms with Gasteiger partial charge in [-0.3, -0.25) is 4.79 Å². The van der Waals surface area contributed by atoms with Crippen molar-refractivity contribution in [3.8, 4) is 0 Å². The molecule has 2 N–H and O–H groups in total.